The van der Waals surface area contributed by atoms with Crippen molar-refractivity contribution in [1.82, 2.24) is 10.2 Å². The number of carbonyl (C=O) groups is 2. The molecule has 5 nitrogen and oxygen atoms in total. The molecule has 1 unspecified atom stereocenters. The van der Waals surface area contributed by atoms with E-state index in [1.165, 1.54) is 11.1 Å². The van der Waals surface area contributed by atoms with Crippen molar-refractivity contribution in [2.75, 3.05) is 18.4 Å². The second-order valence-corrected chi connectivity index (χ2v) is 9.24. The topological polar surface area (TPSA) is 61.4 Å². The highest BCUT2D eigenvalue weighted by atomic mass is 16.2. The highest BCUT2D eigenvalue weighted by Crippen LogP contribution is 2.23. The van der Waals surface area contributed by atoms with Crippen LogP contribution in [0.15, 0.2) is 48.5 Å². The number of nitrogens with zero attached hydrogens (tertiary/aromatic N) is 1. The van der Waals surface area contributed by atoms with Gasteiger partial charge in [0.25, 0.3) is 5.91 Å². The Morgan fingerprint density at radius 2 is 1.77 bits per heavy atom. The van der Waals surface area contributed by atoms with Crippen LogP contribution in [0.4, 0.5) is 5.69 Å². The largest absolute Gasteiger partial charge is 0.347 e. The lowest BCUT2D eigenvalue weighted by molar-refractivity contribution is -0.121. The van der Waals surface area contributed by atoms with Crippen LogP contribution in [0.3, 0.4) is 0 Å². The van der Waals surface area contributed by atoms with Gasteiger partial charge < -0.3 is 10.6 Å². The first kappa shape index (κ1) is 22.0. The van der Waals surface area contributed by atoms with Gasteiger partial charge in [-0.15, -0.1) is 0 Å². The molecule has 1 fully saturated rings. The molecule has 0 aromatic heterocycles. The number of aryl methyl sites for hydroxylation is 1. The SMILES string of the molecule is Cc1ccccc1CN1CCCC(C(=O)Nc2ccccc2C(=O)NC(C)(C)C)C1. The number of rotatable bonds is 5. The summed E-state index contributed by atoms with van der Waals surface area (Å²) in [6, 6.07) is 15.6. The number of benzene rings is 2. The molecule has 1 atom stereocenters. The van der Waals surface area contributed by atoms with E-state index in [1.54, 1.807) is 12.1 Å². The Hall–Kier alpha value is -2.66. The van der Waals surface area contributed by atoms with Gasteiger partial charge in [0.2, 0.25) is 5.91 Å². The van der Waals surface area contributed by atoms with Crippen LogP contribution in [0, 0.1) is 12.8 Å². The average Bonchev–Trinajstić information content (AvgIpc) is 2.69. The van der Waals surface area contributed by atoms with Gasteiger partial charge >= 0.3 is 0 Å². The molecule has 1 saturated heterocycles. The van der Waals surface area contributed by atoms with Crippen molar-refractivity contribution < 1.29 is 9.59 Å². The molecule has 2 aromatic carbocycles. The van der Waals surface area contributed by atoms with Crippen LogP contribution < -0.4 is 10.6 Å². The molecule has 0 radical (unpaired) electrons. The first-order valence-corrected chi connectivity index (χ1v) is 10.7. The van der Waals surface area contributed by atoms with E-state index in [-0.39, 0.29) is 23.3 Å². The van der Waals surface area contributed by atoms with Gasteiger partial charge in [0.15, 0.2) is 0 Å². The van der Waals surface area contributed by atoms with Crippen LogP contribution >= 0.6 is 0 Å². The first-order chi connectivity index (χ1) is 14.2. The fourth-order valence-corrected chi connectivity index (χ4v) is 3.87. The third kappa shape index (κ3) is 5.92. The van der Waals surface area contributed by atoms with Crippen molar-refractivity contribution in [3.63, 3.8) is 0 Å². The number of anilines is 1. The number of carbonyl (C=O) groups excluding carboxylic acids is 2. The number of piperidine rings is 1. The molecule has 1 heterocycles. The van der Waals surface area contributed by atoms with Crippen LogP contribution in [0.2, 0.25) is 0 Å². The van der Waals surface area contributed by atoms with Crippen LogP contribution in [0.25, 0.3) is 0 Å². The van der Waals surface area contributed by atoms with Gasteiger partial charge in [0.05, 0.1) is 17.2 Å². The number of hydrogen-bond donors (Lipinski definition) is 2. The lowest BCUT2D eigenvalue weighted by Crippen LogP contribution is -2.42. The summed E-state index contributed by atoms with van der Waals surface area (Å²) in [6.45, 7) is 10.6. The Labute approximate surface area is 179 Å². The fourth-order valence-electron chi connectivity index (χ4n) is 3.87. The molecule has 1 aliphatic rings. The van der Waals surface area contributed by atoms with Gasteiger partial charge in [-0.25, -0.2) is 0 Å². The van der Waals surface area contributed by atoms with Crippen molar-refractivity contribution in [2.24, 2.45) is 5.92 Å². The summed E-state index contributed by atoms with van der Waals surface area (Å²) in [5, 5.41) is 5.99. The molecule has 2 aromatic rings. The van der Waals surface area contributed by atoms with Crippen molar-refractivity contribution in [3.05, 3.63) is 65.2 Å². The van der Waals surface area contributed by atoms with Gasteiger partial charge in [0, 0.05) is 18.6 Å². The Kier molecular flexibility index (Phi) is 6.93. The normalized spacial score (nSPS) is 17.4. The molecule has 0 saturated carbocycles. The van der Waals surface area contributed by atoms with Crippen molar-refractivity contribution in [1.29, 1.82) is 0 Å². The van der Waals surface area contributed by atoms with Gasteiger partial charge in [-0.3, -0.25) is 14.5 Å². The molecule has 0 bridgehead atoms. The average molecular weight is 408 g/mol. The monoisotopic (exact) mass is 407 g/mol. The molecule has 1 aliphatic heterocycles. The molecule has 5 heteroatoms. The minimum atomic E-state index is -0.340. The molecule has 0 aliphatic carbocycles. The molecule has 30 heavy (non-hydrogen) atoms. The summed E-state index contributed by atoms with van der Waals surface area (Å²) >= 11 is 0. The molecule has 160 valence electrons. The van der Waals surface area contributed by atoms with E-state index in [0.717, 1.165) is 32.5 Å². The van der Waals surface area contributed by atoms with E-state index < -0.39 is 0 Å². The van der Waals surface area contributed by atoms with Crippen LogP contribution in [0.1, 0.15) is 55.1 Å². The second-order valence-electron chi connectivity index (χ2n) is 9.24. The number of para-hydroxylation sites is 1. The van der Waals surface area contributed by atoms with Crippen molar-refractivity contribution in [2.45, 2.75) is 52.6 Å². The van der Waals surface area contributed by atoms with Crippen LogP contribution in [-0.2, 0) is 11.3 Å². The van der Waals surface area contributed by atoms with Gasteiger partial charge in [-0.05, 0) is 70.3 Å². The third-order valence-corrected chi connectivity index (χ3v) is 5.45. The summed E-state index contributed by atoms with van der Waals surface area (Å²) in [5.41, 5.74) is 3.31. The quantitative estimate of drug-likeness (QED) is 0.773. The summed E-state index contributed by atoms with van der Waals surface area (Å²) < 4.78 is 0. The maximum absolute atomic E-state index is 13.0. The van der Waals surface area contributed by atoms with Crippen molar-refractivity contribution in [3.8, 4) is 0 Å². The summed E-state index contributed by atoms with van der Waals surface area (Å²) in [7, 11) is 0. The minimum Gasteiger partial charge on any atom is -0.347 e. The number of likely N-dealkylation sites (tertiary alicyclic amines) is 1. The van der Waals surface area contributed by atoms with E-state index in [9.17, 15) is 9.59 Å². The maximum Gasteiger partial charge on any atom is 0.253 e. The van der Waals surface area contributed by atoms with Gasteiger partial charge in [0.1, 0.15) is 0 Å². The van der Waals surface area contributed by atoms with E-state index >= 15 is 0 Å². The molecular formula is C25H33N3O2. The second kappa shape index (κ2) is 9.43. The molecule has 2 amide bonds. The predicted octanol–water partition coefficient (Wildman–Crippen LogP) is 4.37. The standard InChI is InChI=1S/C25H33N3O2/c1-18-10-5-6-11-19(18)16-28-15-9-12-20(17-28)23(29)26-22-14-8-7-13-21(22)24(30)27-25(2,3)4/h5-8,10-11,13-14,20H,9,12,15-17H2,1-4H3,(H,26,29)(H,27,30). The van der Waals surface area contributed by atoms with Crippen LogP contribution in [-0.4, -0.2) is 35.3 Å². The van der Waals surface area contributed by atoms with E-state index in [4.69, 9.17) is 0 Å². The Balaban J connectivity index is 1.66. The fraction of sp³-hybridized carbons (Fsp3) is 0.440. The summed E-state index contributed by atoms with van der Waals surface area (Å²) in [6.07, 6.45) is 1.86. The Morgan fingerprint density at radius 3 is 2.50 bits per heavy atom. The summed E-state index contributed by atoms with van der Waals surface area (Å²) in [5.74, 6) is -0.273. The zero-order valence-corrected chi connectivity index (χ0v) is 18.5. The summed E-state index contributed by atoms with van der Waals surface area (Å²) in [4.78, 5) is 28.0. The zero-order chi connectivity index (χ0) is 21.7. The zero-order valence-electron chi connectivity index (χ0n) is 18.5. The smallest absolute Gasteiger partial charge is 0.253 e. The first-order valence-electron chi connectivity index (χ1n) is 10.7. The molecule has 3 rings (SSSR count). The molecular weight excluding hydrogens is 374 g/mol. The van der Waals surface area contributed by atoms with Crippen LogP contribution in [0.5, 0.6) is 0 Å². The van der Waals surface area contributed by atoms with Gasteiger partial charge in [-0.1, -0.05) is 36.4 Å². The molecule has 0 spiro atoms. The van der Waals surface area contributed by atoms with Gasteiger partial charge in [-0.2, -0.15) is 0 Å². The number of nitrogens with one attached hydrogen (secondary N) is 2. The molecule has 2 N–H and O–H groups in total. The van der Waals surface area contributed by atoms with E-state index in [2.05, 4.69) is 46.7 Å². The lowest BCUT2D eigenvalue weighted by Gasteiger charge is -2.32. The predicted molar refractivity (Wildman–Crippen MR) is 121 cm³/mol. The van der Waals surface area contributed by atoms with E-state index in [1.807, 2.05) is 32.9 Å². The highest BCUT2D eigenvalue weighted by Gasteiger charge is 2.27. The number of hydrogen-bond acceptors (Lipinski definition) is 3. The Morgan fingerprint density at radius 1 is 1.07 bits per heavy atom. The van der Waals surface area contributed by atoms with E-state index in [0.29, 0.717) is 11.3 Å². The maximum atomic E-state index is 13.0. The highest BCUT2D eigenvalue weighted by molar-refractivity contribution is 6.04. The lowest BCUT2D eigenvalue weighted by atomic mass is 9.96. The third-order valence-electron chi connectivity index (χ3n) is 5.45. The van der Waals surface area contributed by atoms with Crippen molar-refractivity contribution >= 4 is 17.5 Å². The minimum absolute atomic E-state index is 0.0134. The Bertz CT molecular complexity index is 901. The number of amides is 2.